The summed E-state index contributed by atoms with van der Waals surface area (Å²) in [5.74, 6) is -1.82. The molecule has 1 aromatic heterocycles. The molecule has 0 unspecified atom stereocenters. The van der Waals surface area contributed by atoms with Crippen molar-refractivity contribution in [2.75, 3.05) is 6.54 Å². The molecule has 5 saturated heterocycles. The molecule has 17 heteroatoms. The lowest BCUT2D eigenvalue weighted by atomic mass is 9.58. The van der Waals surface area contributed by atoms with E-state index in [-0.39, 0.29) is 41.5 Å². The van der Waals surface area contributed by atoms with Crippen LogP contribution in [0.5, 0.6) is 0 Å². The number of aliphatic hydroxyl groups is 1. The van der Waals surface area contributed by atoms with Crippen molar-refractivity contribution in [1.29, 1.82) is 0 Å². The first-order valence-corrected chi connectivity index (χ1v) is 17.9. The van der Waals surface area contributed by atoms with E-state index in [0.717, 1.165) is 38.2 Å². The van der Waals surface area contributed by atoms with E-state index in [4.69, 9.17) is 29.1 Å². The summed E-state index contributed by atoms with van der Waals surface area (Å²) in [6, 6.07) is 3.16. The van der Waals surface area contributed by atoms with Gasteiger partial charge in [-0.25, -0.2) is 14.8 Å². The number of piperidine rings is 1. The number of carbonyl (C=O) groups is 2. The number of ether oxygens (including phenoxy) is 3. The number of hydrogen-bond donors (Lipinski definition) is 3. The molecule has 6 fully saturated rings. The summed E-state index contributed by atoms with van der Waals surface area (Å²) in [6.07, 6.45) is -7.28. The predicted molar refractivity (Wildman–Crippen MR) is 172 cm³/mol. The van der Waals surface area contributed by atoms with Crippen LogP contribution in [0.1, 0.15) is 101 Å². The van der Waals surface area contributed by atoms with Crippen molar-refractivity contribution in [2.24, 2.45) is 23.7 Å². The number of carboxylic acids is 1. The molecule has 1 saturated carbocycles. The third-order valence-electron chi connectivity index (χ3n) is 11.4. The second kappa shape index (κ2) is 14.9. The number of pyridine rings is 1. The monoisotopic (exact) mass is 762 g/mol. The smallest absolute Gasteiger partial charge is 0.433 e. The zero-order valence-electron chi connectivity index (χ0n) is 29.5. The molecule has 0 amide bonds. The number of benzene rings is 1. The number of alkyl halides is 6. The highest BCUT2D eigenvalue weighted by atomic mass is 19.4. The maximum absolute atomic E-state index is 13.2. The summed E-state index contributed by atoms with van der Waals surface area (Å²) in [4.78, 5) is 37.7. The highest BCUT2D eigenvalue weighted by molar-refractivity contribution is 5.86. The molecule has 6 heterocycles. The number of halogens is 6. The molecule has 0 radical (unpaired) electrons. The molecule has 1 spiro atoms. The summed E-state index contributed by atoms with van der Waals surface area (Å²) >= 11 is 0. The molecular formula is C36H44F6N2O9. The number of rotatable bonds is 6. The summed E-state index contributed by atoms with van der Waals surface area (Å²) in [5.41, 5.74) is -4.41. The van der Waals surface area contributed by atoms with Gasteiger partial charge in [0.2, 0.25) is 12.1 Å². The molecule has 53 heavy (non-hydrogen) atoms. The lowest BCUT2D eigenvalue weighted by Crippen LogP contribution is -2.70. The van der Waals surface area contributed by atoms with Gasteiger partial charge in [0.05, 0.1) is 30.0 Å². The Morgan fingerprint density at radius 1 is 1.02 bits per heavy atom. The first kappa shape index (κ1) is 39.6. The number of hydrogen-bond acceptors (Lipinski definition) is 10. The Morgan fingerprint density at radius 2 is 1.77 bits per heavy atom. The average Bonchev–Trinajstić information content (AvgIpc) is 3.34. The number of aliphatic carboxylic acids is 1. The zero-order valence-corrected chi connectivity index (χ0v) is 29.5. The van der Waals surface area contributed by atoms with Crippen molar-refractivity contribution in [3.05, 3.63) is 41.1 Å². The number of carbonyl (C=O) groups excluding carboxylic acids is 1. The van der Waals surface area contributed by atoms with Gasteiger partial charge in [-0.1, -0.05) is 32.4 Å². The molecule has 10 atom stereocenters. The molecule has 2 bridgehead atoms. The standard InChI is InChI=1S/C19H28O8.C17H16F6N2O/c1-10-4-5-13-11(2)16(23-15(22)7-6-14(20)21)24-17-19(13)12(10)8-9-18(3,25-17)26-27-19;18-16(19,20)11-5-3-4-9-10(15(26)12-6-1-2-7-24-12)8-13(17(21,22)23)25-14(9)11/h10-13,16-17H,4-9H2,1-3H3,(H,20,21);3-5,8,12,15,24,26H,1-2,6-7H2/t10-,11-,12+,13+,16-,17-,18-,19-;12-,15+/m10/s1. The van der Waals surface area contributed by atoms with Crippen LogP contribution in [0.2, 0.25) is 0 Å². The minimum absolute atomic E-state index is 0.0670. The van der Waals surface area contributed by atoms with Crippen LogP contribution >= 0.6 is 0 Å². The SMILES string of the molecule is C[C@H]1[C@H](OC(=O)CCC(=O)O)O[C@@H]2O[C@@]3(C)CC[C@H]4[C@H](C)CC[C@@H]1[C@@]24OO3.O[C@H](c1cc(C(F)(F)F)nc2c(C(F)(F)F)cccc12)[C@@H]1CCCCN1. The first-order chi connectivity index (χ1) is 24.8. The Bertz CT molecular complexity index is 1670. The first-order valence-electron chi connectivity index (χ1n) is 17.9. The summed E-state index contributed by atoms with van der Waals surface area (Å²) in [5, 5.41) is 22.2. The van der Waals surface area contributed by atoms with Crippen molar-refractivity contribution in [3.8, 4) is 0 Å². The lowest BCUT2D eigenvalue weighted by Gasteiger charge is -2.59. The molecule has 11 nitrogen and oxygen atoms in total. The lowest BCUT2D eigenvalue weighted by molar-refractivity contribution is -0.576. The maximum atomic E-state index is 13.2. The topological polar surface area (TPSA) is 146 Å². The Balaban J connectivity index is 0.000000182. The van der Waals surface area contributed by atoms with E-state index < -0.39 is 77.2 Å². The number of carboxylic acid groups (broad SMARTS) is 1. The van der Waals surface area contributed by atoms with E-state index in [1.807, 2.05) is 13.8 Å². The molecule has 5 aliphatic heterocycles. The van der Waals surface area contributed by atoms with Gasteiger partial charge in [0, 0.05) is 29.7 Å². The van der Waals surface area contributed by atoms with Crippen LogP contribution in [-0.4, -0.2) is 63.7 Å². The number of esters is 1. The van der Waals surface area contributed by atoms with E-state index in [1.54, 1.807) is 0 Å². The van der Waals surface area contributed by atoms with Gasteiger partial charge >= 0.3 is 24.3 Å². The van der Waals surface area contributed by atoms with Crippen LogP contribution in [0.3, 0.4) is 0 Å². The Kier molecular flexibility index (Phi) is 11.1. The fourth-order valence-electron chi connectivity index (χ4n) is 8.66. The van der Waals surface area contributed by atoms with Gasteiger partial charge in [0.15, 0.2) is 11.9 Å². The minimum Gasteiger partial charge on any atom is -0.481 e. The van der Waals surface area contributed by atoms with Crippen LogP contribution in [0, 0.1) is 23.7 Å². The average molecular weight is 763 g/mol. The Morgan fingerprint density at radius 3 is 2.43 bits per heavy atom. The molecule has 1 aliphatic carbocycles. The van der Waals surface area contributed by atoms with Crippen molar-refractivity contribution < 1.29 is 70.1 Å². The summed E-state index contributed by atoms with van der Waals surface area (Å²) in [6.45, 7) is 6.65. The summed E-state index contributed by atoms with van der Waals surface area (Å²) in [7, 11) is 0. The van der Waals surface area contributed by atoms with Gasteiger partial charge < -0.3 is 29.7 Å². The maximum Gasteiger partial charge on any atom is 0.433 e. The third-order valence-corrected chi connectivity index (χ3v) is 11.4. The quantitative estimate of drug-likeness (QED) is 0.158. The van der Waals surface area contributed by atoms with E-state index in [1.165, 1.54) is 6.07 Å². The fourth-order valence-corrected chi connectivity index (χ4v) is 8.66. The fraction of sp³-hybridized carbons (Fsp3) is 0.694. The Labute approximate surface area is 301 Å². The normalized spacial score (nSPS) is 34.6. The molecule has 1 aromatic carbocycles. The van der Waals surface area contributed by atoms with Crippen molar-refractivity contribution in [1.82, 2.24) is 10.3 Å². The van der Waals surface area contributed by atoms with Gasteiger partial charge in [-0.05, 0) is 75.1 Å². The zero-order chi connectivity index (χ0) is 38.5. The van der Waals surface area contributed by atoms with Crippen LogP contribution in [0.15, 0.2) is 24.3 Å². The van der Waals surface area contributed by atoms with E-state index in [9.17, 15) is 41.0 Å². The number of fused-ring (bicyclic) bond motifs is 3. The Hall–Kier alpha value is -3.09. The van der Waals surface area contributed by atoms with Crippen molar-refractivity contribution in [2.45, 2.75) is 127 Å². The predicted octanol–water partition coefficient (Wildman–Crippen LogP) is 7.05. The number of nitrogens with zero attached hydrogens (tertiary/aromatic N) is 1. The summed E-state index contributed by atoms with van der Waals surface area (Å²) < 4.78 is 97.1. The van der Waals surface area contributed by atoms with Crippen LogP contribution < -0.4 is 5.32 Å². The molecular weight excluding hydrogens is 718 g/mol. The van der Waals surface area contributed by atoms with Gasteiger partial charge in [-0.2, -0.15) is 26.3 Å². The highest BCUT2D eigenvalue weighted by Crippen LogP contribution is 2.60. The van der Waals surface area contributed by atoms with Crippen molar-refractivity contribution >= 4 is 22.8 Å². The van der Waals surface area contributed by atoms with Crippen LogP contribution in [0.25, 0.3) is 10.9 Å². The largest absolute Gasteiger partial charge is 0.481 e. The van der Waals surface area contributed by atoms with E-state index in [2.05, 4.69) is 17.2 Å². The molecule has 3 N–H and O–H groups in total. The molecule has 6 aliphatic rings. The van der Waals surface area contributed by atoms with Gasteiger partial charge in [0.25, 0.3) is 0 Å². The molecule has 294 valence electrons. The van der Waals surface area contributed by atoms with E-state index >= 15 is 0 Å². The van der Waals surface area contributed by atoms with Gasteiger partial charge in [-0.15, -0.1) is 0 Å². The van der Waals surface area contributed by atoms with Crippen molar-refractivity contribution in [3.63, 3.8) is 0 Å². The third kappa shape index (κ3) is 7.87. The highest BCUT2D eigenvalue weighted by Gasteiger charge is 2.69. The van der Waals surface area contributed by atoms with E-state index in [0.29, 0.717) is 37.4 Å². The molecule has 8 rings (SSSR count). The van der Waals surface area contributed by atoms with Gasteiger partial charge in [0.1, 0.15) is 5.69 Å². The number of nitrogens with one attached hydrogen (secondary N) is 1. The van der Waals surface area contributed by atoms with Crippen LogP contribution in [-0.2, 0) is 45.9 Å². The minimum atomic E-state index is -4.93. The second-order valence-electron chi connectivity index (χ2n) is 15.0. The van der Waals surface area contributed by atoms with Crippen LogP contribution in [0.4, 0.5) is 26.3 Å². The number of para-hydroxylation sites is 1. The second-order valence-corrected chi connectivity index (χ2v) is 15.0. The van der Waals surface area contributed by atoms with Gasteiger partial charge in [-0.3, -0.25) is 9.59 Å². The molecule has 2 aromatic rings. The number of aromatic nitrogens is 1. The number of aliphatic hydroxyl groups excluding tert-OH is 1.